The third-order valence-electron chi connectivity index (χ3n) is 2.79. The van der Waals surface area contributed by atoms with Gasteiger partial charge in [0.05, 0.1) is 16.9 Å². The van der Waals surface area contributed by atoms with Crippen LogP contribution in [0.1, 0.15) is 42.7 Å². The second-order valence-corrected chi connectivity index (χ2v) is 4.53. The summed E-state index contributed by atoms with van der Waals surface area (Å²) in [5.41, 5.74) is 1.47. The molecule has 0 aliphatic rings. The van der Waals surface area contributed by atoms with Crippen LogP contribution in [0, 0.1) is 5.82 Å². The van der Waals surface area contributed by atoms with Crippen molar-refractivity contribution >= 4 is 5.78 Å². The average molecular weight is 246 g/mol. The van der Waals surface area contributed by atoms with Crippen LogP contribution in [0.4, 0.5) is 4.39 Å². The minimum atomic E-state index is -0.512. The van der Waals surface area contributed by atoms with Crippen molar-refractivity contribution in [2.24, 2.45) is 0 Å². The van der Waals surface area contributed by atoms with Crippen LogP contribution in [0.25, 0.3) is 5.69 Å². The normalized spacial score (nSPS) is 10.9. The van der Waals surface area contributed by atoms with E-state index in [0.717, 1.165) is 5.69 Å². The summed E-state index contributed by atoms with van der Waals surface area (Å²) in [6.45, 7) is 5.42. The molecule has 0 aliphatic carbocycles. The van der Waals surface area contributed by atoms with Gasteiger partial charge >= 0.3 is 0 Å². The lowest BCUT2D eigenvalue weighted by molar-refractivity contribution is 0.101. The number of carbonyl (C=O) groups excluding carboxylic acids is 1. The van der Waals surface area contributed by atoms with Crippen LogP contribution < -0.4 is 0 Å². The van der Waals surface area contributed by atoms with E-state index in [-0.39, 0.29) is 11.3 Å². The third-order valence-corrected chi connectivity index (χ3v) is 2.79. The molecule has 2 aromatic rings. The van der Waals surface area contributed by atoms with Crippen LogP contribution in [0.5, 0.6) is 0 Å². The van der Waals surface area contributed by atoms with Crippen molar-refractivity contribution in [3.05, 3.63) is 47.5 Å². The summed E-state index contributed by atoms with van der Waals surface area (Å²) in [4.78, 5) is 11.5. The molecular weight excluding hydrogens is 231 g/mol. The molecule has 0 atom stereocenters. The molecular formula is C14H15FN2O. The molecule has 0 bridgehead atoms. The number of benzene rings is 1. The molecule has 4 heteroatoms. The fourth-order valence-corrected chi connectivity index (χ4v) is 1.83. The summed E-state index contributed by atoms with van der Waals surface area (Å²) in [7, 11) is 0. The zero-order chi connectivity index (χ0) is 13.3. The van der Waals surface area contributed by atoms with E-state index < -0.39 is 5.82 Å². The van der Waals surface area contributed by atoms with Crippen molar-refractivity contribution in [3.63, 3.8) is 0 Å². The number of halogens is 1. The third kappa shape index (κ3) is 2.18. The summed E-state index contributed by atoms with van der Waals surface area (Å²) in [6, 6.07) is 6.43. The van der Waals surface area contributed by atoms with Gasteiger partial charge in [-0.15, -0.1) is 0 Å². The highest BCUT2D eigenvalue weighted by Crippen LogP contribution is 2.20. The molecule has 0 radical (unpaired) electrons. The summed E-state index contributed by atoms with van der Waals surface area (Å²) in [5, 5.41) is 4.36. The minimum Gasteiger partial charge on any atom is -0.294 e. The summed E-state index contributed by atoms with van der Waals surface area (Å²) < 4.78 is 15.2. The maximum atomic E-state index is 13.7. The van der Waals surface area contributed by atoms with Crippen LogP contribution in [0.3, 0.4) is 0 Å². The SMILES string of the molecule is CC(=O)c1c(F)cccc1-n1ccc(C(C)C)n1. The molecule has 0 aliphatic heterocycles. The summed E-state index contributed by atoms with van der Waals surface area (Å²) in [5.74, 6) is -0.521. The van der Waals surface area contributed by atoms with Gasteiger partial charge in [-0.3, -0.25) is 4.79 Å². The van der Waals surface area contributed by atoms with Gasteiger partial charge in [0.25, 0.3) is 0 Å². The lowest BCUT2D eigenvalue weighted by Gasteiger charge is -2.08. The molecule has 1 aromatic carbocycles. The molecule has 2 rings (SSSR count). The number of hydrogen-bond acceptors (Lipinski definition) is 2. The molecule has 0 saturated heterocycles. The predicted molar refractivity (Wildman–Crippen MR) is 67.6 cm³/mol. The Kier molecular flexibility index (Phi) is 3.28. The van der Waals surface area contributed by atoms with Crippen molar-refractivity contribution < 1.29 is 9.18 Å². The van der Waals surface area contributed by atoms with Crippen LogP contribution in [0.2, 0.25) is 0 Å². The molecule has 1 aromatic heterocycles. The van der Waals surface area contributed by atoms with Crippen molar-refractivity contribution in [2.75, 3.05) is 0 Å². The number of aromatic nitrogens is 2. The number of nitrogens with zero attached hydrogens (tertiary/aromatic N) is 2. The Hall–Kier alpha value is -1.97. The maximum absolute atomic E-state index is 13.7. The molecule has 0 fully saturated rings. The van der Waals surface area contributed by atoms with Gasteiger partial charge in [0, 0.05) is 6.20 Å². The smallest absolute Gasteiger partial charge is 0.164 e. The first-order valence-corrected chi connectivity index (χ1v) is 5.86. The van der Waals surface area contributed by atoms with Gasteiger partial charge in [-0.2, -0.15) is 5.10 Å². The minimum absolute atomic E-state index is 0.0795. The Bertz CT molecular complexity index is 587. The molecule has 0 unspecified atom stereocenters. The zero-order valence-corrected chi connectivity index (χ0v) is 10.6. The monoisotopic (exact) mass is 246 g/mol. The van der Waals surface area contributed by atoms with Crippen molar-refractivity contribution in [1.29, 1.82) is 0 Å². The second-order valence-electron chi connectivity index (χ2n) is 4.53. The lowest BCUT2D eigenvalue weighted by Crippen LogP contribution is -2.07. The van der Waals surface area contributed by atoms with E-state index >= 15 is 0 Å². The average Bonchev–Trinajstić information content (AvgIpc) is 2.77. The largest absolute Gasteiger partial charge is 0.294 e. The highest BCUT2D eigenvalue weighted by molar-refractivity contribution is 5.97. The van der Waals surface area contributed by atoms with Crippen molar-refractivity contribution in [1.82, 2.24) is 9.78 Å². The predicted octanol–water partition coefficient (Wildman–Crippen LogP) is 3.34. The molecule has 3 nitrogen and oxygen atoms in total. The number of ketones is 1. The standard InChI is InChI=1S/C14H15FN2O/c1-9(2)12-7-8-17(16-12)13-6-4-5-11(15)14(13)10(3)18/h4-9H,1-3H3. The fourth-order valence-electron chi connectivity index (χ4n) is 1.83. The first-order valence-electron chi connectivity index (χ1n) is 5.86. The fraction of sp³-hybridized carbons (Fsp3) is 0.286. The van der Waals surface area contributed by atoms with Gasteiger partial charge in [-0.05, 0) is 31.0 Å². The van der Waals surface area contributed by atoms with Crippen LogP contribution in [-0.2, 0) is 0 Å². The van der Waals surface area contributed by atoms with E-state index in [1.807, 2.05) is 19.9 Å². The zero-order valence-electron chi connectivity index (χ0n) is 10.6. The molecule has 0 amide bonds. The van der Waals surface area contributed by atoms with Crippen molar-refractivity contribution in [3.8, 4) is 5.69 Å². The number of hydrogen-bond donors (Lipinski definition) is 0. The summed E-state index contributed by atoms with van der Waals surface area (Å²) in [6.07, 6.45) is 1.75. The van der Waals surface area contributed by atoms with Crippen molar-refractivity contribution in [2.45, 2.75) is 26.7 Å². The molecule has 0 saturated carbocycles. The molecule has 18 heavy (non-hydrogen) atoms. The Labute approximate surface area is 105 Å². The highest BCUT2D eigenvalue weighted by atomic mass is 19.1. The molecule has 0 N–H and O–H groups in total. The van der Waals surface area contributed by atoms with Gasteiger partial charge in [-0.25, -0.2) is 9.07 Å². The number of rotatable bonds is 3. The van der Waals surface area contributed by atoms with Gasteiger partial charge in [0.1, 0.15) is 5.82 Å². The van der Waals surface area contributed by atoms with E-state index in [1.165, 1.54) is 13.0 Å². The van der Waals surface area contributed by atoms with Crippen LogP contribution in [0.15, 0.2) is 30.5 Å². The van der Waals surface area contributed by atoms with Gasteiger partial charge in [0.15, 0.2) is 5.78 Å². The Morgan fingerprint density at radius 1 is 1.33 bits per heavy atom. The maximum Gasteiger partial charge on any atom is 0.164 e. The van der Waals surface area contributed by atoms with E-state index in [9.17, 15) is 9.18 Å². The van der Waals surface area contributed by atoms with Gasteiger partial charge < -0.3 is 0 Å². The lowest BCUT2D eigenvalue weighted by atomic mass is 10.1. The topological polar surface area (TPSA) is 34.9 Å². The first kappa shape index (κ1) is 12.5. The van der Waals surface area contributed by atoms with Crippen LogP contribution in [-0.4, -0.2) is 15.6 Å². The highest BCUT2D eigenvalue weighted by Gasteiger charge is 2.15. The van der Waals surface area contributed by atoms with E-state index in [1.54, 1.807) is 23.0 Å². The first-order chi connectivity index (χ1) is 8.50. The summed E-state index contributed by atoms with van der Waals surface area (Å²) >= 11 is 0. The molecule has 94 valence electrons. The quantitative estimate of drug-likeness (QED) is 0.778. The van der Waals surface area contributed by atoms with Gasteiger partial charge in [-0.1, -0.05) is 19.9 Å². The Morgan fingerprint density at radius 3 is 2.61 bits per heavy atom. The van der Waals surface area contributed by atoms with E-state index in [0.29, 0.717) is 11.6 Å². The second kappa shape index (κ2) is 4.72. The van der Waals surface area contributed by atoms with Gasteiger partial charge in [0.2, 0.25) is 0 Å². The number of Topliss-reactive ketones (excluding diaryl/α,β-unsaturated/α-hetero) is 1. The Morgan fingerprint density at radius 2 is 2.06 bits per heavy atom. The Balaban J connectivity index is 2.56. The van der Waals surface area contributed by atoms with Crippen LogP contribution >= 0.6 is 0 Å². The molecule has 1 heterocycles. The molecule has 0 spiro atoms. The van der Waals surface area contributed by atoms with E-state index in [2.05, 4.69) is 5.10 Å². The number of carbonyl (C=O) groups is 1. The van der Waals surface area contributed by atoms with E-state index in [4.69, 9.17) is 0 Å².